The fraction of sp³-hybridized carbons (Fsp3) is 0.235. The van der Waals surface area contributed by atoms with E-state index in [9.17, 15) is 22.4 Å². The summed E-state index contributed by atoms with van der Waals surface area (Å²) in [6.07, 6.45) is -3.66. The monoisotopic (exact) mass is 339 g/mol. The van der Waals surface area contributed by atoms with Crippen LogP contribution in [0.1, 0.15) is 18.1 Å². The Morgan fingerprint density at radius 2 is 1.75 bits per heavy atom. The van der Waals surface area contributed by atoms with E-state index in [4.69, 9.17) is 0 Å². The first kappa shape index (κ1) is 16.3. The number of aryl methyl sites for hydroxylation is 1. The van der Waals surface area contributed by atoms with Gasteiger partial charge in [0.2, 0.25) is 0 Å². The van der Waals surface area contributed by atoms with Gasteiger partial charge >= 0.3 is 12.0 Å². The fourth-order valence-corrected chi connectivity index (χ4v) is 2.62. The summed E-state index contributed by atoms with van der Waals surface area (Å²) in [5, 5.41) is 0. The molecule has 0 saturated carbocycles. The van der Waals surface area contributed by atoms with Crippen LogP contribution < -0.4 is 9.64 Å². The summed E-state index contributed by atoms with van der Waals surface area (Å²) in [5.41, 5.74) is 0.396. The van der Waals surface area contributed by atoms with Crippen LogP contribution >= 0.6 is 0 Å². The molecule has 1 heterocycles. The maximum atomic E-state index is 13.9. The molecule has 2 aromatic rings. The molecular weight excluding hydrogens is 326 g/mol. The van der Waals surface area contributed by atoms with E-state index in [1.165, 1.54) is 18.2 Å². The van der Waals surface area contributed by atoms with Crippen LogP contribution in [0.15, 0.2) is 36.4 Å². The maximum absolute atomic E-state index is 13.9. The van der Waals surface area contributed by atoms with Crippen LogP contribution in [0.4, 0.5) is 23.2 Å². The van der Waals surface area contributed by atoms with Gasteiger partial charge in [-0.3, -0.25) is 9.69 Å². The van der Waals surface area contributed by atoms with E-state index in [1.807, 2.05) is 0 Å². The van der Waals surface area contributed by atoms with E-state index in [2.05, 4.69) is 4.74 Å². The van der Waals surface area contributed by atoms with Crippen LogP contribution in [-0.2, 0) is 17.8 Å². The predicted molar refractivity (Wildman–Crippen MR) is 78.9 cm³/mol. The summed E-state index contributed by atoms with van der Waals surface area (Å²) in [6.45, 7) is 1.23. The van der Waals surface area contributed by atoms with Crippen LogP contribution in [0, 0.1) is 11.6 Å². The van der Waals surface area contributed by atoms with Gasteiger partial charge < -0.3 is 4.74 Å². The van der Waals surface area contributed by atoms with Crippen molar-refractivity contribution in [3.63, 3.8) is 0 Å². The lowest BCUT2D eigenvalue weighted by atomic mass is 10.1. The Bertz CT molecular complexity index is 807. The summed E-state index contributed by atoms with van der Waals surface area (Å²) in [6, 6.07) is 8.03. The lowest BCUT2D eigenvalue weighted by Gasteiger charge is -2.34. The smallest absolute Gasteiger partial charge is 0.423 e. The molecule has 126 valence electrons. The molecule has 0 unspecified atom stereocenters. The molecule has 3 nitrogen and oxygen atoms in total. The highest BCUT2D eigenvalue weighted by atomic mass is 19.3. The van der Waals surface area contributed by atoms with E-state index in [0.29, 0.717) is 12.0 Å². The standard InChI is InChI=1S/C17H13F4NO2/c1-2-10-5-4-8-13-15(10)24-17(20,21)16(23)22(13)9-11-6-3-7-12(18)14(11)19/h3-8H,2,9H2,1H3. The largest absolute Gasteiger partial charge is 0.483 e. The first-order valence-corrected chi connectivity index (χ1v) is 7.28. The van der Waals surface area contributed by atoms with Crippen molar-refractivity contribution < 1.29 is 27.1 Å². The van der Waals surface area contributed by atoms with E-state index in [1.54, 1.807) is 19.1 Å². The maximum Gasteiger partial charge on any atom is 0.483 e. The highest BCUT2D eigenvalue weighted by Gasteiger charge is 2.51. The van der Waals surface area contributed by atoms with Crippen LogP contribution in [0.5, 0.6) is 5.75 Å². The van der Waals surface area contributed by atoms with Crippen LogP contribution in [0.2, 0.25) is 0 Å². The number of nitrogens with zero attached hydrogens (tertiary/aromatic N) is 1. The average molecular weight is 339 g/mol. The van der Waals surface area contributed by atoms with Crippen molar-refractivity contribution in [2.45, 2.75) is 26.0 Å². The molecule has 0 aromatic heterocycles. The predicted octanol–water partition coefficient (Wildman–Crippen LogP) is 4.05. The fourth-order valence-electron chi connectivity index (χ4n) is 2.62. The number of carbonyl (C=O) groups is 1. The lowest BCUT2D eigenvalue weighted by molar-refractivity contribution is -0.193. The minimum atomic E-state index is -4.07. The van der Waals surface area contributed by atoms with Gasteiger partial charge in [-0.05, 0) is 24.1 Å². The molecule has 0 aliphatic carbocycles. The highest BCUT2D eigenvalue weighted by Crippen LogP contribution is 2.42. The van der Waals surface area contributed by atoms with Gasteiger partial charge in [0, 0.05) is 5.56 Å². The van der Waals surface area contributed by atoms with Crippen molar-refractivity contribution in [2.24, 2.45) is 0 Å². The van der Waals surface area contributed by atoms with E-state index in [-0.39, 0.29) is 17.0 Å². The number of rotatable bonds is 3. The van der Waals surface area contributed by atoms with Gasteiger partial charge in [0.25, 0.3) is 0 Å². The molecule has 24 heavy (non-hydrogen) atoms. The number of hydrogen-bond acceptors (Lipinski definition) is 2. The molecule has 0 saturated heterocycles. The SMILES string of the molecule is CCc1cccc2c1OC(F)(F)C(=O)N2Cc1cccc(F)c1F. The van der Waals surface area contributed by atoms with Crippen molar-refractivity contribution in [3.05, 3.63) is 59.2 Å². The number of carbonyl (C=O) groups excluding carboxylic acids is 1. The lowest BCUT2D eigenvalue weighted by Crippen LogP contribution is -2.50. The Morgan fingerprint density at radius 1 is 1.08 bits per heavy atom. The Labute approximate surface area is 135 Å². The molecule has 0 fully saturated rings. The number of hydrogen-bond donors (Lipinski definition) is 0. The Balaban J connectivity index is 2.10. The van der Waals surface area contributed by atoms with Gasteiger partial charge in [0.15, 0.2) is 17.4 Å². The number of ether oxygens (including phenoxy) is 1. The number of benzene rings is 2. The van der Waals surface area contributed by atoms with Crippen LogP contribution in [-0.4, -0.2) is 12.0 Å². The van der Waals surface area contributed by atoms with Crippen LogP contribution in [0.25, 0.3) is 0 Å². The van der Waals surface area contributed by atoms with Gasteiger partial charge in [-0.15, -0.1) is 0 Å². The molecule has 0 N–H and O–H groups in total. The molecule has 2 aromatic carbocycles. The minimum absolute atomic E-state index is 0.105. The number of fused-ring (bicyclic) bond motifs is 1. The second-order valence-electron chi connectivity index (χ2n) is 5.34. The molecular formula is C17H13F4NO2. The molecule has 7 heteroatoms. The second-order valence-corrected chi connectivity index (χ2v) is 5.34. The summed E-state index contributed by atoms with van der Waals surface area (Å²) >= 11 is 0. The van der Waals surface area contributed by atoms with Crippen molar-refractivity contribution in [2.75, 3.05) is 4.90 Å². The summed E-state index contributed by atoms with van der Waals surface area (Å²) in [7, 11) is 0. The first-order valence-electron chi connectivity index (χ1n) is 7.28. The van der Waals surface area contributed by atoms with Gasteiger partial charge in [-0.2, -0.15) is 8.78 Å². The number of anilines is 1. The molecule has 0 spiro atoms. The number of para-hydroxylation sites is 1. The Morgan fingerprint density at radius 3 is 2.46 bits per heavy atom. The van der Waals surface area contributed by atoms with Crippen molar-refractivity contribution in [1.29, 1.82) is 0 Å². The quantitative estimate of drug-likeness (QED) is 0.790. The number of alkyl halides is 2. The molecule has 0 bridgehead atoms. The summed E-state index contributed by atoms with van der Waals surface area (Å²) in [4.78, 5) is 12.8. The van der Waals surface area contributed by atoms with Crippen molar-refractivity contribution in [1.82, 2.24) is 0 Å². The molecule has 3 rings (SSSR count). The Hall–Kier alpha value is -2.57. The summed E-state index contributed by atoms with van der Waals surface area (Å²) in [5.74, 6) is -4.02. The zero-order chi connectivity index (χ0) is 17.5. The van der Waals surface area contributed by atoms with Gasteiger partial charge in [-0.1, -0.05) is 31.2 Å². The van der Waals surface area contributed by atoms with Gasteiger partial charge in [-0.25, -0.2) is 8.78 Å². The Kier molecular flexibility index (Phi) is 3.95. The topological polar surface area (TPSA) is 29.5 Å². The zero-order valence-corrected chi connectivity index (χ0v) is 12.7. The highest BCUT2D eigenvalue weighted by molar-refractivity contribution is 6.01. The third-order valence-corrected chi connectivity index (χ3v) is 3.83. The first-order chi connectivity index (χ1) is 11.3. The third kappa shape index (κ3) is 2.60. The second kappa shape index (κ2) is 5.81. The summed E-state index contributed by atoms with van der Waals surface area (Å²) < 4.78 is 59.7. The van der Waals surface area contributed by atoms with E-state index < -0.39 is 30.2 Å². The molecule has 0 radical (unpaired) electrons. The zero-order valence-electron chi connectivity index (χ0n) is 12.7. The minimum Gasteiger partial charge on any atom is -0.423 e. The normalized spacial score (nSPS) is 15.9. The molecule has 0 atom stereocenters. The number of halogens is 4. The van der Waals surface area contributed by atoms with Gasteiger partial charge in [0.05, 0.1) is 12.2 Å². The average Bonchev–Trinajstić information content (AvgIpc) is 2.55. The molecule has 1 aliphatic rings. The molecule has 1 amide bonds. The van der Waals surface area contributed by atoms with Crippen molar-refractivity contribution in [3.8, 4) is 5.75 Å². The van der Waals surface area contributed by atoms with E-state index >= 15 is 0 Å². The number of amides is 1. The third-order valence-electron chi connectivity index (χ3n) is 3.83. The van der Waals surface area contributed by atoms with E-state index in [0.717, 1.165) is 11.0 Å². The van der Waals surface area contributed by atoms with Crippen LogP contribution in [0.3, 0.4) is 0 Å². The molecule has 1 aliphatic heterocycles. The van der Waals surface area contributed by atoms with Gasteiger partial charge in [0.1, 0.15) is 0 Å². The van der Waals surface area contributed by atoms with Crippen molar-refractivity contribution >= 4 is 11.6 Å².